The summed E-state index contributed by atoms with van der Waals surface area (Å²) in [7, 11) is 0. The van der Waals surface area contributed by atoms with E-state index in [4.69, 9.17) is 0 Å². The highest BCUT2D eigenvalue weighted by Crippen LogP contribution is 2.15. The first kappa shape index (κ1) is 11.7. The zero-order valence-electron chi connectivity index (χ0n) is 8.07. The maximum absolute atomic E-state index is 11.4. The predicted octanol–water partition coefficient (Wildman–Crippen LogP) is 2.45. The summed E-state index contributed by atoms with van der Waals surface area (Å²) in [4.78, 5) is 11.4. The molecule has 0 aliphatic heterocycles. The van der Waals surface area contributed by atoms with Crippen LogP contribution in [0.4, 0.5) is 0 Å². The maximum Gasteiger partial charge on any atom is 0.228 e. The van der Waals surface area contributed by atoms with E-state index in [1.807, 2.05) is 27.7 Å². The van der Waals surface area contributed by atoms with E-state index < -0.39 is 0 Å². The van der Waals surface area contributed by atoms with Crippen LogP contribution in [0.3, 0.4) is 0 Å². The molecule has 0 rings (SSSR count). The Hall–Kier alpha value is -0.310. The van der Waals surface area contributed by atoms with Crippen LogP contribution >= 0.6 is 15.9 Å². The monoisotopic (exact) mass is 233 g/mol. The van der Waals surface area contributed by atoms with E-state index >= 15 is 0 Å². The molecule has 1 N–H and O–H groups in total. The Balaban J connectivity index is 4.15. The summed E-state index contributed by atoms with van der Waals surface area (Å²) in [5, 5.41) is 2.87. The molecule has 1 amide bonds. The Bertz CT molecular complexity index is 193. The molecule has 1 unspecified atom stereocenters. The molecule has 1 atom stereocenters. The van der Waals surface area contributed by atoms with E-state index in [-0.39, 0.29) is 17.4 Å². The van der Waals surface area contributed by atoms with Gasteiger partial charge in [0.2, 0.25) is 5.91 Å². The highest BCUT2D eigenvalue weighted by Gasteiger charge is 2.19. The molecule has 2 nitrogen and oxygen atoms in total. The number of carbonyl (C=O) groups is 1. The van der Waals surface area contributed by atoms with Crippen molar-refractivity contribution in [1.82, 2.24) is 5.32 Å². The summed E-state index contributed by atoms with van der Waals surface area (Å²) in [6, 6.07) is 0. The molecule has 70 valence electrons. The van der Waals surface area contributed by atoms with Crippen molar-refractivity contribution in [1.29, 1.82) is 0 Å². The Kier molecular flexibility index (Phi) is 3.97. The first-order valence-corrected chi connectivity index (χ1v) is 4.69. The van der Waals surface area contributed by atoms with Gasteiger partial charge in [0, 0.05) is 10.0 Å². The molecule has 0 aromatic carbocycles. The molecule has 0 heterocycles. The van der Waals surface area contributed by atoms with Gasteiger partial charge in [-0.25, -0.2) is 0 Å². The number of halogens is 1. The molecule has 0 aromatic rings. The van der Waals surface area contributed by atoms with E-state index in [9.17, 15) is 4.79 Å². The van der Waals surface area contributed by atoms with E-state index in [0.717, 1.165) is 0 Å². The highest BCUT2D eigenvalue weighted by atomic mass is 79.9. The smallest absolute Gasteiger partial charge is 0.228 e. The Morgan fingerprint density at radius 1 is 1.50 bits per heavy atom. The van der Waals surface area contributed by atoms with E-state index in [2.05, 4.69) is 27.8 Å². The molecule has 0 radical (unpaired) electrons. The molecule has 0 saturated carbocycles. The molecule has 0 spiro atoms. The largest absolute Gasteiger partial charge is 0.351 e. The van der Waals surface area contributed by atoms with Gasteiger partial charge in [0.25, 0.3) is 0 Å². The maximum atomic E-state index is 11.4. The lowest BCUT2D eigenvalue weighted by molar-refractivity contribution is -0.124. The lowest BCUT2D eigenvalue weighted by Gasteiger charge is -2.22. The van der Waals surface area contributed by atoms with Crippen LogP contribution in [-0.2, 0) is 4.79 Å². The quantitative estimate of drug-likeness (QED) is 0.781. The van der Waals surface area contributed by atoms with Crippen molar-refractivity contribution >= 4 is 21.8 Å². The van der Waals surface area contributed by atoms with Crippen LogP contribution in [0, 0.1) is 5.92 Å². The third-order valence-electron chi connectivity index (χ3n) is 1.36. The Morgan fingerprint density at radius 3 is 2.17 bits per heavy atom. The molecular formula is C9H16BrNO. The number of rotatable bonds is 2. The molecular weight excluding hydrogens is 218 g/mol. The zero-order valence-corrected chi connectivity index (χ0v) is 9.66. The fourth-order valence-electron chi connectivity index (χ4n) is 0.620. The average molecular weight is 234 g/mol. The second-order valence-corrected chi connectivity index (χ2v) is 4.93. The minimum atomic E-state index is -0.177. The normalized spacial score (nSPS) is 13.8. The van der Waals surface area contributed by atoms with Crippen molar-refractivity contribution < 1.29 is 4.79 Å². The van der Waals surface area contributed by atoms with E-state index in [1.165, 1.54) is 0 Å². The zero-order chi connectivity index (χ0) is 9.94. The summed E-state index contributed by atoms with van der Waals surface area (Å²) in [6.07, 6.45) is 0. The van der Waals surface area contributed by atoms with E-state index in [0.29, 0.717) is 4.48 Å². The van der Waals surface area contributed by atoms with Crippen LogP contribution in [-0.4, -0.2) is 11.4 Å². The van der Waals surface area contributed by atoms with Crippen LogP contribution in [0.5, 0.6) is 0 Å². The van der Waals surface area contributed by atoms with Gasteiger partial charge in [-0.05, 0) is 27.7 Å². The average Bonchev–Trinajstić information content (AvgIpc) is 1.82. The van der Waals surface area contributed by atoms with Gasteiger partial charge >= 0.3 is 0 Å². The van der Waals surface area contributed by atoms with Crippen molar-refractivity contribution in [2.24, 2.45) is 5.92 Å². The van der Waals surface area contributed by atoms with Crippen LogP contribution < -0.4 is 5.32 Å². The van der Waals surface area contributed by atoms with Crippen molar-refractivity contribution in [3.8, 4) is 0 Å². The second-order valence-electron chi connectivity index (χ2n) is 3.91. The van der Waals surface area contributed by atoms with Crippen molar-refractivity contribution in [3.63, 3.8) is 0 Å². The molecule has 0 aliphatic rings. The summed E-state index contributed by atoms with van der Waals surface area (Å²) in [5.74, 6) is -0.173. The number of nitrogens with one attached hydrogen (secondary N) is 1. The van der Waals surface area contributed by atoms with Crippen LogP contribution in [0.25, 0.3) is 0 Å². The van der Waals surface area contributed by atoms with Crippen molar-refractivity contribution in [3.05, 3.63) is 11.1 Å². The van der Waals surface area contributed by atoms with Crippen LogP contribution in [0.15, 0.2) is 11.1 Å². The Morgan fingerprint density at radius 2 is 1.92 bits per heavy atom. The van der Waals surface area contributed by atoms with Gasteiger partial charge in [-0.15, -0.1) is 0 Å². The molecule has 3 heteroatoms. The molecule has 0 fully saturated rings. The van der Waals surface area contributed by atoms with Crippen LogP contribution in [0.1, 0.15) is 27.7 Å². The summed E-state index contributed by atoms with van der Waals surface area (Å²) >= 11 is 3.19. The minimum absolute atomic E-state index is 0.00405. The van der Waals surface area contributed by atoms with Gasteiger partial charge in [0.05, 0.1) is 5.92 Å². The van der Waals surface area contributed by atoms with Gasteiger partial charge in [0.1, 0.15) is 0 Å². The lowest BCUT2D eigenvalue weighted by atomic mass is 10.1. The first-order chi connectivity index (χ1) is 5.24. The third-order valence-corrected chi connectivity index (χ3v) is 2.05. The summed E-state index contributed by atoms with van der Waals surface area (Å²) in [6.45, 7) is 11.3. The SMILES string of the molecule is C=C(Br)C(C)C(=O)NC(C)(C)C. The van der Waals surface area contributed by atoms with Gasteiger partial charge in [-0.1, -0.05) is 22.5 Å². The molecule has 12 heavy (non-hydrogen) atoms. The summed E-state index contributed by atoms with van der Waals surface area (Å²) in [5.41, 5.74) is -0.173. The topological polar surface area (TPSA) is 29.1 Å². The highest BCUT2D eigenvalue weighted by molar-refractivity contribution is 9.11. The number of hydrogen-bond donors (Lipinski definition) is 1. The van der Waals surface area contributed by atoms with Crippen molar-refractivity contribution in [2.75, 3.05) is 0 Å². The second kappa shape index (κ2) is 4.08. The van der Waals surface area contributed by atoms with Crippen molar-refractivity contribution in [2.45, 2.75) is 33.2 Å². The number of carbonyl (C=O) groups excluding carboxylic acids is 1. The number of hydrogen-bond acceptors (Lipinski definition) is 1. The Labute approximate surface area is 82.5 Å². The fourth-order valence-corrected chi connectivity index (χ4v) is 0.828. The number of amides is 1. The summed E-state index contributed by atoms with van der Waals surface area (Å²) < 4.78 is 0.712. The molecule has 0 aliphatic carbocycles. The van der Waals surface area contributed by atoms with Gasteiger partial charge < -0.3 is 5.32 Å². The standard InChI is InChI=1S/C9H16BrNO/c1-6(7(2)10)8(12)11-9(3,4)5/h6H,2H2,1,3-5H3,(H,11,12). The molecule has 0 bridgehead atoms. The van der Waals surface area contributed by atoms with E-state index in [1.54, 1.807) is 0 Å². The predicted molar refractivity (Wildman–Crippen MR) is 55.1 cm³/mol. The third kappa shape index (κ3) is 4.54. The van der Waals surface area contributed by atoms with Gasteiger partial charge in [0.15, 0.2) is 0 Å². The van der Waals surface area contributed by atoms with Gasteiger partial charge in [-0.2, -0.15) is 0 Å². The van der Waals surface area contributed by atoms with Crippen LogP contribution in [0.2, 0.25) is 0 Å². The lowest BCUT2D eigenvalue weighted by Crippen LogP contribution is -2.43. The molecule has 0 aromatic heterocycles. The fraction of sp³-hybridized carbons (Fsp3) is 0.667. The minimum Gasteiger partial charge on any atom is -0.351 e. The van der Waals surface area contributed by atoms with Gasteiger partial charge in [-0.3, -0.25) is 4.79 Å². The molecule has 0 saturated heterocycles. The first-order valence-electron chi connectivity index (χ1n) is 3.90.